The molecule has 2 unspecified atom stereocenters. The normalized spacial score (nSPS) is 13.1. The fourth-order valence-corrected chi connectivity index (χ4v) is 2.95. The third kappa shape index (κ3) is 6.37. The summed E-state index contributed by atoms with van der Waals surface area (Å²) in [6.07, 6.45) is -0.0599. The number of amides is 1. The van der Waals surface area contributed by atoms with Gasteiger partial charge in [-0.05, 0) is 31.2 Å². The van der Waals surface area contributed by atoms with Crippen LogP contribution in [0.5, 0.6) is 5.75 Å². The van der Waals surface area contributed by atoms with Crippen LogP contribution in [0.15, 0.2) is 65.6 Å². The third-order valence-corrected chi connectivity index (χ3v) is 4.61. The molecular formula is C19H23NO2S. The van der Waals surface area contributed by atoms with E-state index in [-0.39, 0.29) is 17.9 Å². The van der Waals surface area contributed by atoms with Gasteiger partial charge < -0.3 is 10.1 Å². The molecule has 2 rings (SSSR count). The monoisotopic (exact) mass is 329 g/mol. The minimum absolute atomic E-state index is 0.0378. The molecule has 2 aromatic rings. The molecule has 0 aliphatic carbocycles. The van der Waals surface area contributed by atoms with E-state index < -0.39 is 0 Å². The summed E-state index contributed by atoms with van der Waals surface area (Å²) >= 11 is 1.70. The van der Waals surface area contributed by atoms with Gasteiger partial charge in [-0.3, -0.25) is 4.79 Å². The van der Waals surface area contributed by atoms with Crippen molar-refractivity contribution >= 4 is 17.7 Å². The van der Waals surface area contributed by atoms with Gasteiger partial charge in [0.15, 0.2) is 0 Å². The second-order valence-corrected chi connectivity index (χ2v) is 6.61. The molecule has 0 saturated heterocycles. The van der Waals surface area contributed by atoms with Crippen LogP contribution < -0.4 is 10.1 Å². The van der Waals surface area contributed by atoms with Crippen molar-refractivity contribution in [3.05, 3.63) is 60.7 Å². The van der Waals surface area contributed by atoms with Gasteiger partial charge in [-0.25, -0.2) is 0 Å². The number of hydrogen-bond donors (Lipinski definition) is 1. The van der Waals surface area contributed by atoms with Gasteiger partial charge in [-0.1, -0.05) is 43.3 Å². The molecule has 0 saturated carbocycles. The molecule has 0 aliphatic heterocycles. The van der Waals surface area contributed by atoms with Crippen molar-refractivity contribution in [2.45, 2.75) is 24.8 Å². The average molecular weight is 329 g/mol. The number of thioether (sulfide) groups is 1. The molecule has 0 aromatic heterocycles. The third-order valence-electron chi connectivity index (χ3n) is 3.34. The highest BCUT2D eigenvalue weighted by molar-refractivity contribution is 7.99. The Balaban J connectivity index is 1.69. The van der Waals surface area contributed by atoms with Gasteiger partial charge in [-0.2, -0.15) is 0 Å². The number of benzene rings is 2. The van der Waals surface area contributed by atoms with Gasteiger partial charge in [0.2, 0.25) is 5.91 Å². The SMILES string of the molecule is CC(CNC(=O)C(C)CSc1ccccc1)Oc1ccccc1. The molecular weight excluding hydrogens is 306 g/mol. The van der Waals surface area contributed by atoms with Crippen LogP contribution in [-0.4, -0.2) is 24.3 Å². The van der Waals surface area contributed by atoms with Crippen LogP contribution in [0.3, 0.4) is 0 Å². The average Bonchev–Trinajstić information content (AvgIpc) is 2.59. The Hall–Kier alpha value is -1.94. The lowest BCUT2D eigenvalue weighted by Crippen LogP contribution is -2.37. The highest BCUT2D eigenvalue weighted by atomic mass is 32.2. The number of carbonyl (C=O) groups excluding carboxylic acids is 1. The largest absolute Gasteiger partial charge is 0.489 e. The zero-order valence-electron chi connectivity index (χ0n) is 13.6. The van der Waals surface area contributed by atoms with E-state index in [1.165, 1.54) is 4.90 Å². The summed E-state index contributed by atoms with van der Waals surface area (Å²) in [6, 6.07) is 19.8. The number of para-hydroxylation sites is 1. The summed E-state index contributed by atoms with van der Waals surface area (Å²) in [4.78, 5) is 13.3. The Bertz CT molecular complexity index is 589. The van der Waals surface area contributed by atoms with Gasteiger partial charge in [-0.15, -0.1) is 11.8 Å². The molecule has 4 heteroatoms. The van der Waals surface area contributed by atoms with Gasteiger partial charge in [0.25, 0.3) is 0 Å². The van der Waals surface area contributed by atoms with Crippen LogP contribution in [-0.2, 0) is 4.79 Å². The minimum Gasteiger partial charge on any atom is -0.489 e. The predicted molar refractivity (Wildman–Crippen MR) is 95.9 cm³/mol. The molecule has 0 fully saturated rings. The van der Waals surface area contributed by atoms with Crippen LogP contribution in [0.25, 0.3) is 0 Å². The van der Waals surface area contributed by atoms with Crippen molar-refractivity contribution in [3.63, 3.8) is 0 Å². The summed E-state index contributed by atoms with van der Waals surface area (Å²) in [5, 5.41) is 2.96. The second-order valence-electron chi connectivity index (χ2n) is 5.51. The molecule has 0 bridgehead atoms. The molecule has 0 radical (unpaired) electrons. The highest BCUT2D eigenvalue weighted by Crippen LogP contribution is 2.20. The Morgan fingerprint density at radius 1 is 1.04 bits per heavy atom. The Morgan fingerprint density at radius 3 is 2.30 bits per heavy atom. The summed E-state index contributed by atoms with van der Waals surface area (Å²) in [5.74, 6) is 1.62. The fourth-order valence-electron chi connectivity index (χ4n) is 2.01. The van der Waals surface area contributed by atoms with E-state index in [4.69, 9.17) is 4.74 Å². The molecule has 0 spiro atoms. The van der Waals surface area contributed by atoms with E-state index in [0.717, 1.165) is 11.5 Å². The maximum Gasteiger partial charge on any atom is 0.223 e. The molecule has 0 aliphatic rings. The van der Waals surface area contributed by atoms with Crippen molar-refractivity contribution in [3.8, 4) is 5.75 Å². The van der Waals surface area contributed by atoms with E-state index >= 15 is 0 Å². The van der Waals surface area contributed by atoms with E-state index in [2.05, 4.69) is 17.4 Å². The zero-order valence-corrected chi connectivity index (χ0v) is 14.4. The van der Waals surface area contributed by atoms with Crippen LogP contribution in [0, 0.1) is 5.92 Å². The maximum absolute atomic E-state index is 12.1. The van der Waals surface area contributed by atoms with Gasteiger partial charge in [0, 0.05) is 16.6 Å². The van der Waals surface area contributed by atoms with E-state index in [1.807, 2.05) is 62.4 Å². The van der Waals surface area contributed by atoms with E-state index in [9.17, 15) is 4.79 Å². The van der Waals surface area contributed by atoms with Crippen LogP contribution in [0.2, 0.25) is 0 Å². The topological polar surface area (TPSA) is 38.3 Å². The van der Waals surface area contributed by atoms with Gasteiger partial charge in [0.1, 0.15) is 11.9 Å². The summed E-state index contributed by atoms with van der Waals surface area (Å²) in [5.41, 5.74) is 0. The van der Waals surface area contributed by atoms with Gasteiger partial charge >= 0.3 is 0 Å². The quantitative estimate of drug-likeness (QED) is 0.744. The first-order chi connectivity index (χ1) is 11.1. The van der Waals surface area contributed by atoms with E-state index in [0.29, 0.717) is 6.54 Å². The number of hydrogen-bond acceptors (Lipinski definition) is 3. The predicted octanol–water partition coefficient (Wildman–Crippen LogP) is 4.00. The number of carbonyl (C=O) groups is 1. The van der Waals surface area contributed by atoms with Crippen molar-refractivity contribution in [2.24, 2.45) is 5.92 Å². The smallest absolute Gasteiger partial charge is 0.223 e. The Morgan fingerprint density at radius 2 is 1.65 bits per heavy atom. The lowest BCUT2D eigenvalue weighted by atomic mass is 10.2. The van der Waals surface area contributed by atoms with Crippen LogP contribution >= 0.6 is 11.8 Å². The zero-order chi connectivity index (χ0) is 16.5. The molecule has 122 valence electrons. The highest BCUT2D eigenvalue weighted by Gasteiger charge is 2.14. The van der Waals surface area contributed by atoms with Crippen LogP contribution in [0.4, 0.5) is 0 Å². The maximum atomic E-state index is 12.1. The Kier molecular flexibility index (Phi) is 7.01. The molecule has 23 heavy (non-hydrogen) atoms. The second kappa shape index (κ2) is 9.26. The molecule has 0 heterocycles. The first-order valence-corrected chi connectivity index (χ1v) is 8.81. The molecule has 1 N–H and O–H groups in total. The van der Waals surface area contributed by atoms with Gasteiger partial charge in [0.05, 0.1) is 6.54 Å². The first-order valence-electron chi connectivity index (χ1n) is 7.82. The molecule has 3 nitrogen and oxygen atoms in total. The molecule has 1 amide bonds. The minimum atomic E-state index is -0.0599. The number of nitrogens with one attached hydrogen (secondary N) is 1. The van der Waals surface area contributed by atoms with Crippen molar-refractivity contribution < 1.29 is 9.53 Å². The van der Waals surface area contributed by atoms with Crippen LogP contribution in [0.1, 0.15) is 13.8 Å². The molecule has 2 atom stereocenters. The van der Waals surface area contributed by atoms with Crippen molar-refractivity contribution in [1.82, 2.24) is 5.32 Å². The lowest BCUT2D eigenvalue weighted by molar-refractivity contribution is -0.124. The van der Waals surface area contributed by atoms with Crippen molar-refractivity contribution in [2.75, 3.05) is 12.3 Å². The van der Waals surface area contributed by atoms with Crippen molar-refractivity contribution in [1.29, 1.82) is 0 Å². The molecule has 2 aromatic carbocycles. The summed E-state index contributed by atoms with van der Waals surface area (Å²) in [7, 11) is 0. The lowest BCUT2D eigenvalue weighted by Gasteiger charge is -2.17. The summed E-state index contributed by atoms with van der Waals surface area (Å²) < 4.78 is 5.75. The van der Waals surface area contributed by atoms with E-state index in [1.54, 1.807) is 11.8 Å². The number of rotatable bonds is 8. The first kappa shape index (κ1) is 17.4. The summed E-state index contributed by atoms with van der Waals surface area (Å²) in [6.45, 7) is 4.42. The number of ether oxygens (including phenoxy) is 1. The Labute approximate surface area is 142 Å². The fraction of sp³-hybridized carbons (Fsp3) is 0.316. The standard InChI is InChI=1S/C19H23NO2S/c1-15(14-23-18-11-7-4-8-12-18)19(21)20-13-16(2)22-17-9-5-3-6-10-17/h3-12,15-16H,13-14H2,1-2H3,(H,20,21).